The fraction of sp³-hybridized carbons (Fsp3) is 0.368. The van der Waals surface area contributed by atoms with Gasteiger partial charge in [-0.2, -0.15) is 9.40 Å². The number of imidazole rings is 1. The molecule has 1 aliphatic rings. The first-order valence-electron chi connectivity index (χ1n) is 9.36. The van der Waals surface area contributed by atoms with Gasteiger partial charge in [0.05, 0.1) is 29.7 Å². The predicted octanol–water partition coefficient (Wildman–Crippen LogP) is 2.94. The molecule has 3 aromatic rings. The van der Waals surface area contributed by atoms with E-state index in [4.69, 9.17) is 16.3 Å². The second-order valence-electron chi connectivity index (χ2n) is 7.00. The Balaban J connectivity index is 1.43. The van der Waals surface area contributed by atoms with Crippen LogP contribution in [0.1, 0.15) is 30.3 Å². The Morgan fingerprint density at radius 2 is 2.17 bits per heavy atom. The Morgan fingerprint density at radius 1 is 1.34 bits per heavy atom. The Bertz CT molecular complexity index is 1090. The van der Waals surface area contributed by atoms with Crippen molar-refractivity contribution < 1.29 is 13.2 Å². The highest BCUT2D eigenvalue weighted by Crippen LogP contribution is 2.35. The first-order chi connectivity index (χ1) is 13.9. The van der Waals surface area contributed by atoms with Crippen LogP contribution in [0.3, 0.4) is 0 Å². The van der Waals surface area contributed by atoms with Crippen molar-refractivity contribution in [2.75, 3.05) is 13.2 Å². The van der Waals surface area contributed by atoms with E-state index >= 15 is 0 Å². The maximum atomic E-state index is 13.0. The molecule has 1 saturated heterocycles. The van der Waals surface area contributed by atoms with Crippen molar-refractivity contribution in [2.45, 2.75) is 30.3 Å². The van der Waals surface area contributed by atoms with E-state index in [1.165, 1.54) is 16.8 Å². The predicted molar refractivity (Wildman–Crippen MR) is 108 cm³/mol. The molecule has 0 bridgehead atoms. The van der Waals surface area contributed by atoms with Gasteiger partial charge in [-0.15, -0.1) is 0 Å². The molecule has 1 aromatic carbocycles. The van der Waals surface area contributed by atoms with Gasteiger partial charge in [0.25, 0.3) is 10.0 Å². The van der Waals surface area contributed by atoms with Crippen LogP contribution in [-0.2, 0) is 23.5 Å². The Morgan fingerprint density at radius 3 is 2.93 bits per heavy atom. The maximum Gasteiger partial charge on any atom is 0.262 e. The van der Waals surface area contributed by atoms with Crippen LogP contribution in [0.4, 0.5) is 0 Å². The standard InChI is InChI=1S/C19H22ClN5O3S/c1-24-12-19(21-13-24)29(26,27)25-9-4-6-17(25)16-11-14(22-23-16)8-10-28-18-7-3-2-5-15(18)20/h2-3,5,7,11-13,17H,4,6,8-10H2,1H3,(H,22,23)/t17-/m0/s1. The largest absolute Gasteiger partial charge is 0.492 e. The normalized spacial score (nSPS) is 17.7. The van der Waals surface area contributed by atoms with Gasteiger partial charge in [-0.25, -0.2) is 13.4 Å². The number of hydrogen-bond donors (Lipinski definition) is 1. The lowest BCUT2D eigenvalue weighted by atomic mass is 10.1. The molecule has 1 fully saturated rings. The summed E-state index contributed by atoms with van der Waals surface area (Å²) in [5.74, 6) is 0.636. The lowest BCUT2D eigenvalue weighted by molar-refractivity contribution is 0.320. The van der Waals surface area contributed by atoms with Crippen molar-refractivity contribution >= 4 is 21.6 Å². The number of halogens is 1. The molecule has 0 spiro atoms. The van der Waals surface area contributed by atoms with Crippen LogP contribution in [0.2, 0.25) is 5.02 Å². The molecule has 0 aliphatic carbocycles. The first-order valence-corrected chi connectivity index (χ1v) is 11.2. The van der Waals surface area contributed by atoms with Crippen molar-refractivity contribution in [1.82, 2.24) is 24.1 Å². The second-order valence-corrected chi connectivity index (χ2v) is 9.24. The molecule has 0 amide bonds. The third kappa shape index (κ3) is 4.17. The fourth-order valence-corrected chi connectivity index (χ4v) is 5.30. The van der Waals surface area contributed by atoms with Crippen molar-refractivity contribution in [1.29, 1.82) is 0 Å². The van der Waals surface area contributed by atoms with Crippen LogP contribution in [0.15, 0.2) is 47.9 Å². The molecule has 10 heteroatoms. The van der Waals surface area contributed by atoms with Crippen LogP contribution < -0.4 is 4.74 Å². The van der Waals surface area contributed by atoms with E-state index in [2.05, 4.69) is 15.2 Å². The van der Waals surface area contributed by atoms with E-state index in [1.807, 2.05) is 24.3 Å². The number of ether oxygens (including phenoxy) is 1. The summed E-state index contributed by atoms with van der Waals surface area (Å²) in [6, 6.07) is 8.93. The SMILES string of the molecule is Cn1cnc(S(=O)(=O)N2CCC[C@H]2c2cc(CCOc3ccccc3Cl)[nH]n2)c1. The van der Waals surface area contributed by atoms with Crippen LogP contribution >= 0.6 is 11.6 Å². The Hall–Kier alpha value is -2.36. The number of aryl methyl sites for hydroxylation is 1. The molecule has 3 heterocycles. The van der Waals surface area contributed by atoms with E-state index in [0.717, 1.165) is 24.2 Å². The molecule has 8 nitrogen and oxygen atoms in total. The average Bonchev–Trinajstić information content (AvgIpc) is 3.43. The highest BCUT2D eigenvalue weighted by atomic mass is 35.5. The van der Waals surface area contributed by atoms with E-state index in [0.29, 0.717) is 30.3 Å². The zero-order valence-corrected chi connectivity index (χ0v) is 17.5. The highest BCUT2D eigenvalue weighted by molar-refractivity contribution is 7.89. The smallest absolute Gasteiger partial charge is 0.262 e. The number of aromatic amines is 1. The molecule has 1 N–H and O–H groups in total. The van der Waals surface area contributed by atoms with E-state index in [9.17, 15) is 8.42 Å². The van der Waals surface area contributed by atoms with Crippen LogP contribution in [-0.4, -0.2) is 45.6 Å². The summed E-state index contributed by atoms with van der Waals surface area (Å²) in [6.07, 6.45) is 5.13. The fourth-order valence-electron chi connectivity index (χ4n) is 3.48. The zero-order valence-electron chi connectivity index (χ0n) is 16.0. The second kappa shape index (κ2) is 8.17. The first kappa shape index (κ1) is 19.9. The number of aromatic nitrogens is 4. The number of nitrogens with zero attached hydrogens (tertiary/aromatic N) is 4. The zero-order chi connectivity index (χ0) is 20.4. The van der Waals surface area contributed by atoms with Crippen molar-refractivity contribution in [2.24, 2.45) is 7.05 Å². The molecule has 1 aliphatic heterocycles. The molecule has 4 rings (SSSR count). The van der Waals surface area contributed by atoms with E-state index in [1.54, 1.807) is 17.7 Å². The number of benzene rings is 1. The van der Waals surface area contributed by atoms with Gasteiger partial charge in [0.15, 0.2) is 5.03 Å². The van der Waals surface area contributed by atoms with Gasteiger partial charge in [0, 0.05) is 31.9 Å². The molecule has 0 unspecified atom stereocenters. The summed E-state index contributed by atoms with van der Waals surface area (Å²) in [5.41, 5.74) is 1.60. The van der Waals surface area contributed by atoms with Gasteiger partial charge in [-0.05, 0) is 31.0 Å². The molecule has 2 aromatic heterocycles. The summed E-state index contributed by atoms with van der Waals surface area (Å²) in [4.78, 5) is 4.02. The molecule has 0 saturated carbocycles. The molecular weight excluding hydrogens is 414 g/mol. The average molecular weight is 436 g/mol. The minimum absolute atomic E-state index is 0.0656. The molecule has 1 atom stereocenters. The van der Waals surface area contributed by atoms with Gasteiger partial charge >= 0.3 is 0 Å². The summed E-state index contributed by atoms with van der Waals surface area (Å²) in [6.45, 7) is 0.896. The number of nitrogens with one attached hydrogen (secondary N) is 1. The highest BCUT2D eigenvalue weighted by Gasteiger charge is 2.38. The van der Waals surface area contributed by atoms with Crippen molar-refractivity contribution in [3.8, 4) is 5.75 Å². The molecular formula is C19H22ClN5O3S. The number of H-pyrrole nitrogens is 1. The van der Waals surface area contributed by atoms with Crippen LogP contribution in [0.25, 0.3) is 0 Å². The van der Waals surface area contributed by atoms with Crippen LogP contribution in [0.5, 0.6) is 5.75 Å². The number of para-hydroxylation sites is 1. The van der Waals surface area contributed by atoms with Gasteiger partial charge in [-0.3, -0.25) is 5.10 Å². The van der Waals surface area contributed by atoms with Gasteiger partial charge in [-0.1, -0.05) is 23.7 Å². The maximum absolute atomic E-state index is 13.0. The quantitative estimate of drug-likeness (QED) is 0.615. The monoisotopic (exact) mass is 435 g/mol. The Kier molecular flexibility index (Phi) is 5.62. The van der Waals surface area contributed by atoms with Gasteiger partial charge in [0.1, 0.15) is 5.75 Å². The van der Waals surface area contributed by atoms with Crippen molar-refractivity contribution in [3.63, 3.8) is 0 Å². The number of rotatable bonds is 7. The summed E-state index contributed by atoms with van der Waals surface area (Å²) in [5, 5.41) is 8.00. The van der Waals surface area contributed by atoms with Gasteiger partial charge < -0.3 is 9.30 Å². The molecule has 154 valence electrons. The van der Waals surface area contributed by atoms with E-state index < -0.39 is 10.0 Å². The molecule has 0 radical (unpaired) electrons. The minimum atomic E-state index is -3.66. The lowest BCUT2D eigenvalue weighted by Gasteiger charge is -2.21. The van der Waals surface area contributed by atoms with Crippen LogP contribution in [0, 0.1) is 0 Å². The minimum Gasteiger partial charge on any atom is -0.492 e. The summed E-state index contributed by atoms with van der Waals surface area (Å²) in [7, 11) is -1.91. The third-order valence-electron chi connectivity index (χ3n) is 4.92. The summed E-state index contributed by atoms with van der Waals surface area (Å²) < 4.78 is 34.8. The number of hydrogen-bond acceptors (Lipinski definition) is 5. The molecule has 29 heavy (non-hydrogen) atoms. The van der Waals surface area contributed by atoms with E-state index in [-0.39, 0.29) is 11.1 Å². The topological polar surface area (TPSA) is 93.1 Å². The van der Waals surface area contributed by atoms with Crippen molar-refractivity contribution in [3.05, 3.63) is 59.3 Å². The summed E-state index contributed by atoms with van der Waals surface area (Å²) >= 11 is 6.09. The third-order valence-corrected chi connectivity index (χ3v) is 7.02. The Labute approximate surface area is 174 Å². The van der Waals surface area contributed by atoms with Gasteiger partial charge in [0.2, 0.25) is 0 Å². The lowest BCUT2D eigenvalue weighted by Crippen LogP contribution is -2.31. The number of sulfonamides is 1.